The van der Waals surface area contributed by atoms with Crippen molar-refractivity contribution >= 4 is 11.6 Å². The average molecular weight is 258 g/mol. The van der Waals surface area contributed by atoms with Gasteiger partial charge in [-0.3, -0.25) is 4.79 Å². The number of amides is 1. The molecule has 19 heavy (non-hydrogen) atoms. The highest BCUT2D eigenvalue weighted by Crippen LogP contribution is 2.19. The molecule has 2 rings (SSSR count). The first kappa shape index (κ1) is 13.3. The number of aromatic nitrogens is 2. The van der Waals surface area contributed by atoms with Crippen molar-refractivity contribution in [2.24, 2.45) is 5.73 Å². The number of benzene rings is 1. The van der Waals surface area contributed by atoms with Crippen molar-refractivity contribution in [1.29, 1.82) is 0 Å². The molecule has 0 saturated heterocycles. The van der Waals surface area contributed by atoms with Gasteiger partial charge in [0, 0.05) is 12.4 Å². The lowest BCUT2D eigenvalue weighted by molar-refractivity contribution is -0.117. The van der Waals surface area contributed by atoms with Crippen LogP contribution >= 0.6 is 0 Å². The van der Waals surface area contributed by atoms with Gasteiger partial charge in [0.1, 0.15) is 0 Å². The zero-order valence-corrected chi connectivity index (χ0v) is 10.9. The summed E-state index contributed by atoms with van der Waals surface area (Å²) < 4.78 is 1.71. The zero-order valence-electron chi connectivity index (χ0n) is 10.9. The van der Waals surface area contributed by atoms with Gasteiger partial charge in [0.05, 0.1) is 17.4 Å². The first-order chi connectivity index (χ1) is 9.22. The average Bonchev–Trinajstić information content (AvgIpc) is 2.93. The van der Waals surface area contributed by atoms with E-state index in [1.807, 2.05) is 43.5 Å². The highest BCUT2D eigenvalue weighted by molar-refractivity contribution is 5.96. The fourth-order valence-electron chi connectivity index (χ4n) is 1.86. The summed E-state index contributed by atoms with van der Waals surface area (Å²) in [4.78, 5) is 12.0. The Morgan fingerprint density at radius 1 is 1.42 bits per heavy atom. The van der Waals surface area contributed by atoms with Crippen LogP contribution in [0.2, 0.25) is 0 Å². The molecule has 5 heteroatoms. The fourth-order valence-corrected chi connectivity index (χ4v) is 1.86. The highest BCUT2D eigenvalue weighted by atomic mass is 16.2. The van der Waals surface area contributed by atoms with Crippen LogP contribution in [0.25, 0.3) is 5.69 Å². The summed E-state index contributed by atoms with van der Waals surface area (Å²) in [5.41, 5.74) is 7.34. The molecule has 0 radical (unpaired) electrons. The molecule has 0 aliphatic carbocycles. The van der Waals surface area contributed by atoms with Crippen molar-refractivity contribution in [1.82, 2.24) is 9.78 Å². The largest absolute Gasteiger partial charge is 0.323 e. The summed E-state index contributed by atoms with van der Waals surface area (Å²) in [7, 11) is 0. The van der Waals surface area contributed by atoms with Crippen LogP contribution in [0.4, 0.5) is 5.69 Å². The fraction of sp³-hybridized carbons (Fsp3) is 0.286. The Hall–Kier alpha value is -2.14. The van der Waals surface area contributed by atoms with E-state index >= 15 is 0 Å². The maximum atomic E-state index is 12.0. The first-order valence-corrected chi connectivity index (χ1v) is 6.38. The Morgan fingerprint density at radius 3 is 2.89 bits per heavy atom. The molecule has 100 valence electrons. The van der Waals surface area contributed by atoms with E-state index in [9.17, 15) is 4.79 Å². The minimum absolute atomic E-state index is 0.165. The summed E-state index contributed by atoms with van der Waals surface area (Å²) in [5.74, 6) is -0.165. The van der Waals surface area contributed by atoms with Gasteiger partial charge in [0.15, 0.2) is 0 Å². The molecule has 5 nitrogen and oxygen atoms in total. The first-order valence-electron chi connectivity index (χ1n) is 6.38. The smallest absolute Gasteiger partial charge is 0.241 e. The van der Waals surface area contributed by atoms with E-state index in [1.165, 1.54) is 0 Å². The SMILES string of the molecule is CCC[C@@H](N)C(=O)Nc1ccccc1-n1cccn1. The lowest BCUT2D eigenvalue weighted by Crippen LogP contribution is -2.35. The second-order valence-corrected chi connectivity index (χ2v) is 4.35. The predicted molar refractivity (Wildman–Crippen MR) is 75.1 cm³/mol. The van der Waals surface area contributed by atoms with E-state index in [0.717, 1.165) is 12.1 Å². The van der Waals surface area contributed by atoms with Crippen LogP contribution in [0, 0.1) is 0 Å². The molecule has 1 atom stereocenters. The molecule has 1 heterocycles. The highest BCUT2D eigenvalue weighted by Gasteiger charge is 2.14. The Morgan fingerprint density at radius 2 is 2.21 bits per heavy atom. The van der Waals surface area contributed by atoms with Crippen LogP contribution in [-0.4, -0.2) is 21.7 Å². The molecule has 1 aromatic carbocycles. The summed E-state index contributed by atoms with van der Waals surface area (Å²) in [6.45, 7) is 2.00. The Kier molecular flexibility index (Phi) is 4.30. The number of hydrogen-bond acceptors (Lipinski definition) is 3. The van der Waals surface area contributed by atoms with Gasteiger partial charge in [-0.05, 0) is 24.6 Å². The Balaban J connectivity index is 2.19. The maximum absolute atomic E-state index is 12.0. The van der Waals surface area contributed by atoms with Crippen molar-refractivity contribution in [2.45, 2.75) is 25.8 Å². The maximum Gasteiger partial charge on any atom is 0.241 e. The molecule has 0 aliphatic heterocycles. The van der Waals surface area contributed by atoms with Gasteiger partial charge in [-0.1, -0.05) is 25.5 Å². The minimum Gasteiger partial charge on any atom is -0.323 e. The summed E-state index contributed by atoms with van der Waals surface area (Å²) in [6.07, 6.45) is 5.09. The van der Waals surface area contributed by atoms with Crippen molar-refractivity contribution < 1.29 is 4.79 Å². The van der Waals surface area contributed by atoms with Gasteiger partial charge in [-0.15, -0.1) is 0 Å². The summed E-state index contributed by atoms with van der Waals surface area (Å²) in [6, 6.07) is 8.87. The standard InChI is InChI=1S/C14H18N4O/c1-2-6-11(15)14(19)17-12-7-3-4-8-13(12)18-10-5-9-16-18/h3-5,7-11H,2,6,15H2,1H3,(H,17,19)/t11-/m1/s1. The van der Waals surface area contributed by atoms with E-state index in [-0.39, 0.29) is 5.91 Å². The summed E-state index contributed by atoms with van der Waals surface area (Å²) in [5, 5.41) is 7.03. The molecule has 0 saturated carbocycles. The molecule has 1 amide bonds. The molecule has 1 aromatic heterocycles. The van der Waals surface area contributed by atoms with Crippen molar-refractivity contribution in [3.63, 3.8) is 0 Å². The van der Waals surface area contributed by atoms with Gasteiger partial charge in [0.2, 0.25) is 5.91 Å². The third-order valence-electron chi connectivity index (χ3n) is 2.85. The Labute approximate surface area is 112 Å². The van der Waals surface area contributed by atoms with E-state index in [2.05, 4.69) is 10.4 Å². The molecule has 2 aromatic rings. The molecular formula is C14H18N4O. The molecule has 0 bridgehead atoms. The van der Waals surface area contributed by atoms with Crippen molar-refractivity contribution in [3.05, 3.63) is 42.7 Å². The number of carbonyl (C=O) groups excluding carboxylic acids is 1. The monoisotopic (exact) mass is 258 g/mol. The van der Waals surface area contributed by atoms with Gasteiger partial charge >= 0.3 is 0 Å². The number of para-hydroxylation sites is 2. The topological polar surface area (TPSA) is 72.9 Å². The third kappa shape index (κ3) is 3.20. The Bertz CT molecular complexity index is 536. The second kappa shape index (κ2) is 6.15. The van der Waals surface area contributed by atoms with Gasteiger partial charge in [0.25, 0.3) is 0 Å². The number of nitrogens with zero attached hydrogens (tertiary/aromatic N) is 2. The molecule has 0 spiro atoms. The van der Waals surface area contributed by atoms with E-state index in [1.54, 1.807) is 10.9 Å². The van der Waals surface area contributed by atoms with Crippen LogP contribution in [0.5, 0.6) is 0 Å². The number of carbonyl (C=O) groups is 1. The lowest BCUT2D eigenvalue weighted by Gasteiger charge is -2.14. The van der Waals surface area contributed by atoms with E-state index < -0.39 is 6.04 Å². The van der Waals surface area contributed by atoms with Gasteiger partial charge in [-0.25, -0.2) is 4.68 Å². The van der Waals surface area contributed by atoms with Crippen molar-refractivity contribution in [3.8, 4) is 5.69 Å². The molecule has 3 N–H and O–H groups in total. The zero-order chi connectivity index (χ0) is 13.7. The number of anilines is 1. The molecule has 0 aliphatic rings. The second-order valence-electron chi connectivity index (χ2n) is 4.35. The minimum atomic E-state index is -0.476. The normalized spacial score (nSPS) is 12.1. The van der Waals surface area contributed by atoms with Gasteiger partial charge in [-0.2, -0.15) is 5.10 Å². The van der Waals surface area contributed by atoms with Crippen LogP contribution in [0.3, 0.4) is 0 Å². The molecular weight excluding hydrogens is 240 g/mol. The van der Waals surface area contributed by atoms with E-state index in [4.69, 9.17) is 5.73 Å². The number of rotatable bonds is 5. The number of nitrogens with one attached hydrogen (secondary N) is 1. The quantitative estimate of drug-likeness (QED) is 0.860. The predicted octanol–water partition coefficient (Wildman–Crippen LogP) is 1.94. The number of nitrogens with two attached hydrogens (primary N) is 1. The molecule has 0 unspecified atom stereocenters. The van der Waals surface area contributed by atoms with E-state index in [0.29, 0.717) is 12.1 Å². The van der Waals surface area contributed by atoms with Crippen LogP contribution in [0.1, 0.15) is 19.8 Å². The van der Waals surface area contributed by atoms with Crippen molar-refractivity contribution in [2.75, 3.05) is 5.32 Å². The van der Waals surface area contributed by atoms with Gasteiger partial charge < -0.3 is 11.1 Å². The number of hydrogen-bond donors (Lipinski definition) is 2. The third-order valence-corrected chi connectivity index (χ3v) is 2.85. The lowest BCUT2D eigenvalue weighted by atomic mass is 10.1. The summed E-state index contributed by atoms with van der Waals surface area (Å²) >= 11 is 0. The molecule has 0 fully saturated rings. The van der Waals surface area contributed by atoms with Crippen LogP contribution < -0.4 is 11.1 Å². The van der Waals surface area contributed by atoms with Crippen LogP contribution in [-0.2, 0) is 4.79 Å². The van der Waals surface area contributed by atoms with Crippen LogP contribution in [0.15, 0.2) is 42.7 Å².